The highest BCUT2D eigenvalue weighted by atomic mass is 16.3. The number of amides is 1. The molecule has 5 nitrogen and oxygen atoms in total. The third-order valence-electron chi connectivity index (χ3n) is 4.03. The Kier molecular flexibility index (Phi) is 2.69. The largest absolute Gasteiger partial charge is 0.507 e. The Labute approximate surface area is 127 Å². The van der Waals surface area contributed by atoms with Crippen LogP contribution in [0.25, 0.3) is 22.4 Å². The van der Waals surface area contributed by atoms with Crippen LogP contribution in [0.4, 0.5) is 0 Å². The zero-order valence-corrected chi connectivity index (χ0v) is 12.1. The molecule has 0 saturated carbocycles. The number of nitrogens with zero attached hydrogens (tertiary/aromatic N) is 2. The van der Waals surface area contributed by atoms with Crippen LogP contribution in [0.2, 0.25) is 0 Å². The summed E-state index contributed by atoms with van der Waals surface area (Å²) >= 11 is 0. The molecule has 0 fully saturated rings. The van der Waals surface area contributed by atoms with Crippen LogP contribution in [0.15, 0.2) is 36.4 Å². The first-order valence-corrected chi connectivity index (χ1v) is 7.22. The monoisotopic (exact) mass is 293 g/mol. The molecular weight excluding hydrogens is 278 g/mol. The van der Waals surface area contributed by atoms with Gasteiger partial charge >= 0.3 is 0 Å². The minimum absolute atomic E-state index is 0.0794. The SMILES string of the molecule is Cc1ccc(O)c(-c2nc3cccc4c3n2CCNC4=O)c1. The summed E-state index contributed by atoms with van der Waals surface area (Å²) in [5.74, 6) is 0.812. The van der Waals surface area contributed by atoms with E-state index in [1.165, 1.54) is 0 Å². The number of phenols is 1. The molecule has 2 heterocycles. The summed E-state index contributed by atoms with van der Waals surface area (Å²) in [6.45, 7) is 3.14. The van der Waals surface area contributed by atoms with Gasteiger partial charge in [0.2, 0.25) is 0 Å². The first-order valence-electron chi connectivity index (χ1n) is 7.22. The Morgan fingerprint density at radius 1 is 1.23 bits per heavy atom. The Bertz CT molecular complexity index is 912. The molecule has 110 valence electrons. The Hall–Kier alpha value is -2.82. The van der Waals surface area contributed by atoms with E-state index < -0.39 is 0 Å². The maximum Gasteiger partial charge on any atom is 0.253 e. The molecule has 2 N–H and O–H groups in total. The molecule has 0 radical (unpaired) electrons. The molecule has 3 aromatic rings. The van der Waals surface area contributed by atoms with Crippen LogP contribution in [-0.2, 0) is 6.54 Å². The third kappa shape index (κ3) is 1.79. The fraction of sp³-hybridized carbons (Fsp3) is 0.176. The van der Waals surface area contributed by atoms with Gasteiger partial charge in [0.25, 0.3) is 5.91 Å². The summed E-state index contributed by atoms with van der Waals surface area (Å²) in [6, 6.07) is 11.0. The van der Waals surface area contributed by atoms with Crippen LogP contribution >= 0.6 is 0 Å². The summed E-state index contributed by atoms with van der Waals surface area (Å²) in [5.41, 5.74) is 3.96. The highest BCUT2D eigenvalue weighted by Gasteiger charge is 2.22. The summed E-state index contributed by atoms with van der Waals surface area (Å²) in [4.78, 5) is 16.8. The van der Waals surface area contributed by atoms with E-state index >= 15 is 0 Å². The van der Waals surface area contributed by atoms with Crippen molar-refractivity contribution in [2.75, 3.05) is 6.54 Å². The standard InChI is InChI=1S/C17H15N3O2/c1-10-5-6-14(21)12(9-10)16-19-13-4-2-3-11-15(13)20(16)8-7-18-17(11)22/h2-6,9,21H,7-8H2,1H3,(H,18,22). The fourth-order valence-corrected chi connectivity index (χ4v) is 3.00. The number of phenolic OH excluding ortho intramolecular Hbond substituents is 1. The van der Waals surface area contributed by atoms with Gasteiger partial charge in [-0.2, -0.15) is 0 Å². The van der Waals surface area contributed by atoms with E-state index in [-0.39, 0.29) is 11.7 Å². The second-order valence-electron chi connectivity index (χ2n) is 5.54. The lowest BCUT2D eigenvalue weighted by Crippen LogP contribution is -2.24. The number of hydrogen-bond donors (Lipinski definition) is 2. The second-order valence-corrected chi connectivity index (χ2v) is 5.54. The van der Waals surface area contributed by atoms with Gasteiger partial charge in [-0.1, -0.05) is 17.7 Å². The molecule has 2 aromatic carbocycles. The number of nitrogens with one attached hydrogen (secondary N) is 1. The zero-order valence-electron chi connectivity index (χ0n) is 12.1. The summed E-state index contributed by atoms with van der Waals surface area (Å²) < 4.78 is 2.01. The van der Waals surface area contributed by atoms with Gasteiger partial charge in [0, 0.05) is 13.1 Å². The minimum Gasteiger partial charge on any atom is -0.507 e. The van der Waals surface area contributed by atoms with Gasteiger partial charge in [0.05, 0.1) is 22.2 Å². The molecule has 0 spiro atoms. The molecule has 0 aliphatic carbocycles. The maximum absolute atomic E-state index is 12.2. The molecule has 0 saturated heterocycles. The summed E-state index contributed by atoms with van der Waals surface area (Å²) in [5, 5.41) is 13.1. The quantitative estimate of drug-likeness (QED) is 0.724. The normalized spacial score (nSPS) is 14.0. The Morgan fingerprint density at radius 2 is 2.09 bits per heavy atom. The number of para-hydroxylation sites is 1. The lowest BCUT2D eigenvalue weighted by atomic mass is 10.1. The van der Waals surface area contributed by atoms with Crippen LogP contribution in [-0.4, -0.2) is 27.1 Å². The van der Waals surface area contributed by atoms with E-state index in [1.807, 2.05) is 35.8 Å². The van der Waals surface area contributed by atoms with Crippen molar-refractivity contribution in [2.45, 2.75) is 13.5 Å². The molecule has 5 heteroatoms. The van der Waals surface area contributed by atoms with E-state index in [0.29, 0.717) is 30.0 Å². The number of carbonyl (C=O) groups excluding carboxylic acids is 1. The zero-order chi connectivity index (χ0) is 15.3. The van der Waals surface area contributed by atoms with E-state index in [2.05, 4.69) is 10.3 Å². The average Bonchev–Trinajstić information content (AvgIpc) is 2.79. The van der Waals surface area contributed by atoms with Gasteiger partial charge in [-0.3, -0.25) is 4.79 Å². The number of carbonyl (C=O) groups is 1. The predicted molar refractivity (Wildman–Crippen MR) is 83.9 cm³/mol. The topological polar surface area (TPSA) is 67.2 Å². The fourth-order valence-electron chi connectivity index (χ4n) is 3.00. The van der Waals surface area contributed by atoms with Crippen molar-refractivity contribution in [3.8, 4) is 17.1 Å². The lowest BCUT2D eigenvalue weighted by molar-refractivity contribution is 0.0956. The number of hydrogen-bond acceptors (Lipinski definition) is 3. The van der Waals surface area contributed by atoms with E-state index in [4.69, 9.17) is 0 Å². The molecule has 1 aromatic heterocycles. The number of rotatable bonds is 1. The highest BCUT2D eigenvalue weighted by molar-refractivity contribution is 6.06. The van der Waals surface area contributed by atoms with Gasteiger partial charge in [-0.05, 0) is 31.2 Å². The third-order valence-corrected chi connectivity index (χ3v) is 4.03. The lowest BCUT2D eigenvalue weighted by Gasteiger charge is -2.09. The molecule has 0 unspecified atom stereocenters. The summed E-state index contributed by atoms with van der Waals surface area (Å²) in [6.07, 6.45) is 0. The van der Waals surface area contributed by atoms with E-state index in [1.54, 1.807) is 12.1 Å². The van der Waals surface area contributed by atoms with Crippen molar-refractivity contribution in [3.05, 3.63) is 47.5 Å². The average molecular weight is 293 g/mol. The first-order chi connectivity index (χ1) is 10.6. The smallest absolute Gasteiger partial charge is 0.253 e. The molecule has 0 atom stereocenters. The van der Waals surface area contributed by atoms with Crippen molar-refractivity contribution >= 4 is 16.9 Å². The Balaban J connectivity index is 2.07. The van der Waals surface area contributed by atoms with Crippen LogP contribution in [0.3, 0.4) is 0 Å². The van der Waals surface area contributed by atoms with Crippen molar-refractivity contribution in [2.24, 2.45) is 0 Å². The van der Waals surface area contributed by atoms with Gasteiger partial charge < -0.3 is 15.0 Å². The van der Waals surface area contributed by atoms with Gasteiger partial charge in [-0.15, -0.1) is 0 Å². The van der Waals surface area contributed by atoms with Crippen LogP contribution in [0.5, 0.6) is 5.75 Å². The van der Waals surface area contributed by atoms with Crippen molar-refractivity contribution < 1.29 is 9.90 Å². The van der Waals surface area contributed by atoms with Gasteiger partial charge in [0.1, 0.15) is 11.6 Å². The number of aromatic nitrogens is 2. The number of aromatic hydroxyl groups is 1. The first kappa shape index (κ1) is 12.9. The maximum atomic E-state index is 12.2. The van der Waals surface area contributed by atoms with E-state index in [0.717, 1.165) is 16.6 Å². The highest BCUT2D eigenvalue weighted by Crippen LogP contribution is 2.33. The number of benzene rings is 2. The number of aryl methyl sites for hydroxylation is 1. The van der Waals surface area contributed by atoms with Crippen LogP contribution < -0.4 is 5.32 Å². The molecular formula is C17H15N3O2. The molecule has 22 heavy (non-hydrogen) atoms. The molecule has 4 rings (SSSR count). The molecule has 1 aliphatic rings. The van der Waals surface area contributed by atoms with Gasteiger partial charge in [0.15, 0.2) is 0 Å². The molecule has 1 aliphatic heterocycles. The van der Waals surface area contributed by atoms with Crippen molar-refractivity contribution in [3.63, 3.8) is 0 Å². The summed E-state index contributed by atoms with van der Waals surface area (Å²) in [7, 11) is 0. The van der Waals surface area contributed by atoms with Gasteiger partial charge in [-0.25, -0.2) is 4.98 Å². The van der Waals surface area contributed by atoms with Crippen LogP contribution in [0, 0.1) is 6.92 Å². The van der Waals surface area contributed by atoms with E-state index in [9.17, 15) is 9.90 Å². The predicted octanol–water partition coefficient (Wildman–Crippen LogP) is 2.46. The van der Waals surface area contributed by atoms with Crippen molar-refractivity contribution in [1.82, 2.24) is 14.9 Å². The number of imidazole rings is 1. The Morgan fingerprint density at radius 3 is 2.95 bits per heavy atom. The molecule has 1 amide bonds. The minimum atomic E-state index is -0.0794. The van der Waals surface area contributed by atoms with Crippen LogP contribution in [0.1, 0.15) is 15.9 Å². The van der Waals surface area contributed by atoms with Crippen molar-refractivity contribution in [1.29, 1.82) is 0 Å². The second kappa shape index (κ2) is 4.59. The molecule has 0 bridgehead atoms.